The van der Waals surface area contributed by atoms with Crippen LogP contribution in [0.25, 0.3) is 10.8 Å². The van der Waals surface area contributed by atoms with Crippen LogP contribution in [-0.4, -0.2) is 30.4 Å². The van der Waals surface area contributed by atoms with E-state index in [9.17, 15) is 0 Å². The van der Waals surface area contributed by atoms with Gasteiger partial charge in [-0.2, -0.15) is 0 Å². The van der Waals surface area contributed by atoms with Gasteiger partial charge in [-0.1, -0.05) is 18.9 Å². The first-order valence-electron chi connectivity index (χ1n) is 7.12. The van der Waals surface area contributed by atoms with E-state index in [2.05, 4.69) is 10.3 Å². The lowest BCUT2D eigenvalue weighted by Gasteiger charge is -2.09. The Balaban J connectivity index is 1.98. The van der Waals surface area contributed by atoms with Crippen molar-refractivity contribution in [2.24, 2.45) is 0 Å². The summed E-state index contributed by atoms with van der Waals surface area (Å²) >= 11 is 0. The molecule has 2 aromatic rings. The van der Waals surface area contributed by atoms with Gasteiger partial charge in [0.25, 0.3) is 0 Å². The fourth-order valence-electron chi connectivity index (χ4n) is 2.21. The molecular weight excluding hydrogens is 252 g/mol. The maximum Gasteiger partial charge on any atom is 0.133 e. The second-order valence-electron chi connectivity index (χ2n) is 4.81. The summed E-state index contributed by atoms with van der Waals surface area (Å²) in [6, 6.07) is 8.01. The molecule has 20 heavy (non-hydrogen) atoms. The highest BCUT2D eigenvalue weighted by Gasteiger charge is 2.03. The van der Waals surface area contributed by atoms with E-state index in [-0.39, 0.29) is 6.61 Å². The van der Waals surface area contributed by atoms with Crippen LogP contribution in [0.5, 0.6) is 5.75 Å². The Bertz CT molecular complexity index is 543. The molecular formula is C16H22N2O2. The molecule has 1 aromatic heterocycles. The highest BCUT2D eigenvalue weighted by Crippen LogP contribution is 2.25. The first-order chi connectivity index (χ1) is 9.85. The number of aliphatic hydroxyl groups is 1. The largest absolute Gasteiger partial charge is 0.497 e. The Hall–Kier alpha value is -1.81. The van der Waals surface area contributed by atoms with E-state index in [1.54, 1.807) is 7.11 Å². The Kier molecular flexibility index (Phi) is 5.62. The minimum atomic E-state index is 0.290. The van der Waals surface area contributed by atoms with Gasteiger partial charge in [0.2, 0.25) is 0 Å². The molecule has 0 aliphatic carbocycles. The van der Waals surface area contributed by atoms with Gasteiger partial charge in [0.15, 0.2) is 0 Å². The van der Waals surface area contributed by atoms with Crippen LogP contribution in [0.3, 0.4) is 0 Å². The van der Waals surface area contributed by atoms with Crippen LogP contribution >= 0.6 is 0 Å². The van der Waals surface area contributed by atoms with Crippen LogP contribution in [0.1, 0.15) is 25.7 Å². The van der Waals surface area contributed by atoms with E-state index in [1.165, 1.54) is 0 Å². The molecule has 0 amide bonds. The van der Waals surface area contributed by atoms with Crippen molar-refractivity contribution < 1.29 is 9.84 Å². The molecule has 1 aromatic carbocycles. The lowest BCUT2D eigenvalue weighted by atomic mass is 10.1. The molecule has 0 fully saturated rings. The number of methoxy groups -OCH3 is 1. The van der Waals surface area contributed by atoms with Gasteiger partial charge in [-0.05, 0) is 36.4 Å². The van der Waals surface area contributed by atoms with E-state index < -0.39 is 0 Å². The highest BCUT2D eigenvalue weighted by atomic mass is 16.5. The summed E-state index contributed by atoms with van der Waals surface area (Å²) in [7, 11) is 1.67. The van der Waals surface area contributed by atoms with Crippen molar-refractivity contribution in [3.8, 4) is 5.75 Å². The average molecular weight is 274 g/mol. The van der Waals surface area contributed by atoms with Crippen molar-refractivity contribution >= 4 is 16.6 Å². The zero-order valence-corrected chi connectivity index (χ0v) is 11.9. The normalized spacial score (nSPS) is 10.7. The molecule has 2 rings (SSSR count). The Morgan fingerprint density at radius 3 is 2.80 bits per heavy atom. The first kappa shape index (κ1) is 14.6. The number of nitrogens with one attached hydrogen (secondary N) is 1. The van der Waals surface area contributed by atoms with Gasteiger partial charge in [-0.15, -0.1) is 0 Å². The van der Waals surface area contributed by atoms with E-state index in [0.29, 0.717) is 0 Å². The second kappa shape index (κ2) is 7.70. The third kappa shape index (κ3) is 3.84. The Morgan fingerprint density at radius 1 is 1.15 bits per heavy atom. The Morgan fingerprint density at radius 2 is 2.00 bits per heavy atom. The van der Waals surface area contributed by atoms with Gasteiger partial charge < -0.3 is 15.2 Å². The van der Waals surface area contributed by atoms with Gasteiger partial charge >= 0.3 is 0 Å². The molecule has 0 atom stereocenters. The van der Waals surface area contributed by atoms with E-state index >= 15 is 0 Å². The minimum Gasteiger partial charge on any atom is -0.497 e. The fraction of sp³-hybridized carbons (Fsp3) is 0.438. The van der Waals surface area contributed by atoms with Crippen LogP contribution in [0.4, 0.5) is 5.82 Å². The lowest BCUT2D eigenvalue weighted by Crippen LogP contribution is -2.04. The number of anilines is 1. The number of pyridine rings is 1. The van der Waals surface area contributed by atoms with Crippen molar-refractivity contribution in [1.82, 2.24) is 4.98 Å². The van der Waals surface area contributed by atoms with E-state index in [0.717, 1.165) is 54.6 Å². The number of ether oxygens (including phenoxy) is 1. The summed E-state index contributed by atoms with van der Waals surface area (Å²) in [4.78, 5) is 4.41. The maximum atomic E-state index is 8.73. The van der Waals surface area contributed by atoms with Gasteiger partial charge in [0.1, 0.15) is 11.6 Å². The summed E-state index contributed by atoms with van der Waals surface area (Å²) in [5.74, 6) is 1.75. The van der Waals surface area contributed by atoms with Crippen molar-refractivity contribution in [3.05, 3.63) is 30.5 Å². The topological polar surface area (TPSA) is 54.4 Å². The molecule has 1 heterocycles. The third-order valence-corrected chi connectivity index (χ3v) is 3.35. The predicted molar refractivity (Wildman–Crippen MR) is 82.3 cm³/mol. The second-order valence-corrected chi connectivity index (χ2v) is 4.81. The number of hydrogen-bond donors (Lipinski definition) is 2. The molecule has 0 unspecified atom stereocenters. The zero-order valence-electron chi connectivity index (χ0n) is 11.9. The van der Waals surface area contributed by atoms with Crippen LogP contribution in [0.15, 0.2) is 30.5 Å². The summed E-state index contributed by atoms with van der Waals surface area (Å²) in [6.45, 7) is 1.19. The van der Waals surface area contributed by atoms with Gasteiger partial charge in [0, 0.05) is 24.7 Å². The smallest absolute Gasteiger partial charge is 0.133 e. The molecule has 4 heteroatoms. The number of benzene rings is 1. The number of nitrogens with zero attached hydrogens (tertiary/aromatic N) is 1. The third-order valence-electron chi connectivity index (χ3n) is 3.35. The van der Waals surface area contributed by atoms with Crippen LogP contribution in [0, 0.1) is 0 Å². The maximum absolute atomic E-state index is 8.73. The first-order valence-corrected chi connectivity index (χ1v) is 7.12. The molecule has 0 saturated heterocycles. The standard InChI is InChI=1S/C16H22N2O2/c1-20-14-7-6-13-8-10-18-16(15(13)12-14)17-9-4-2-3-5-11-19/h6-8,10,12,19H,2-5,9,11H2,1H3,(H,17,18). The Labute approximate surface area is 119 Å². The lowest BCUT2D eigenvalue weighted by molar-refractivity contribution is 0.283. The summed E-state index contributed by atoms with van der Waals surface area (Å²) < 4.78 is 5.27. The molecule has 0 aliphatic heterocycles. The van der Waals surface area contributed by atoms with Crippen molar-refractivity contribution in [2.75, 3.05) is 25.6 Å². The minimum absolute atomic E-state index is 0.290. The molecule has 0 spiro atoms. The number of rotatable bonds is 8. The summed E-state index contributed by atoms with van der Waals surface area (Å²) in [5, 5.41) is 14.4. The monoisotopic (exact) mass is 274 g/mol. The number of aliphatic hydroxyl groups excluding tert-OH is 1. The van der Waals surface area contributed by atoms with Crippen molar-refractivity contribution in [3.63, 3.8) is 0 Å². The van der Waals surface area contributed by atoms with Crippen LogP contribution in [-0.2, 0) is 0 Å². The van der Waals surface area contributed by atoms with Crippen LogP contribution < -0.4 is 10.1 Å². The van der Waals surface area contributed by atoms with Crippen molar-refractivity contribution in [1.29, 1.82) is 0 Å². The average Bonchev–Trinajstić information content (AvgIpc) is 2.50. The summed E-state index contributed by atoms with van der Waals surface area (Å²) in [5.41, 5.74) is 0. The van der Waals surface area contributed by atoms with E-state index in [4.69, 9.17) is 9.84 Å². The quantitative estimate of drug-likeness (QED) is 0.726. The highest BCUT2D eigenvalue weighted by molar-refractivity contribution is 5.92. The van der Waals surface area contributed by atoms with Gasteiger partial charge in [-0.25, -0.2) is 4.98 Å². The van der Waals surface area contributed by atoms with Crippen LogP contribution in [0.2, 0.25) is 0 Å². The van der Waals surface area contributed by atoms with Gasteiger partial charge in [-0.3, -0.25) is 0 Å². The number of hydrogen-bond acceptors (Lipinski definition) is 4. The molecule has 0 aliphatic rings. The van der Waals surface area contributed by atoms with Crippen molar-refractivity contribution in [2.45, 2.75) is 25.7 Å². The SMILES string of the molecule is COc1ccc2ccnc(NCCCCCCO)c2c1. The molecule has 0 bridgehead atoms. The fourth-order valence-corrected chi connectivity index (χ4v) is 2.21. The van der Waals surface area contributed by atoms with E-state index in [1.807, 2.05) is 30.5 Å². The number of fused-ring (bicyclic) bond motifs is 1. The van der Waals surface area contributed by atoms with Gasteiger partial charge in [0.05, 0.1) is 7.11 Å². The molecule has 0 saturated carbocycles. The zero-order chi connectivity index (χ0) is 14.2. The molecule has 2 N–H and O–H groups in total. The number of unbranched alkanes of at least 4 members (excludes halogenated alkanes) is 3. The molecule has 108 valence electrons. The predicted octanol–water partition coefficient (Wildman–Crippen LogP) is 3.21. The number of aromatic nitrogens is 1. The summed E-state index contributed by atoms with van der Waals surface area (Å²) in [6.07, 6.45) is 6.01. The molecule has 4 nitrogen and oxygen atoms in total. The molecule has 0 radical (unpaired) electrons.